The highest BCUT2D eigenvalue weighted by atomic mass is 32.2. The lowest BCUT2D eigenvalue weighted by atomic mass is 10.1. The minimum atomic E-state index is -3.09. The fraction of sp³-hybridized carbons (Fsp3) is 0.647. The Balaban J connectivity index is 2.32. The summed E-state index contributed by atoms with van der Waals surface area (Å²) in [7, 11) is -3.09. The van der Waals surface area contributed by atoms with Gasteiger partial charge in [-0.25, -0.2) is 8.42 Å². The smallest absolute Gasteiger partial charge is 0.178 e. The van der Waals surface area contributed by atoms with Crippen molar-refractivity contribution in [3.63, 3.8) is 0 Å². The van der Waals surface area contributed by atoms with Crippen molar-refractivity contribution in [2.45, 2.75) is 63.7 Å². The molecule has 0 amide bonds. The van der Waals surface area contributed by atoms with E-state index in [2.05, 4.69) is 12.2 Å². The maximum Gasteiger partial charge on any atom is 0.178 e. The van der Waals surface area contributed by atoms with E-state index in [1.165, 1.54) is 38.5 Å². The van der Waals surface area contributed by atoms with E-state index in [1.54, 1.807) is 12.1 Å². The number of benzene rings is 1. The van der Waals surface area contributed by atoms with E-state index in [-0.39, 0.29) is 5.75 Å². The molecule has 120 valence electrons. The van der Waals surface area contributed by atoms with Gasteiger partial charge >= 0.3 is 0 Å². The molecule has 1 aromatic rings. The lowest BCUT2D eigenvalue weighted by molar-refractivity contribution is 0.594. The molecule has 4 heteroatoms. The molecule has 21 heavy (non-hydrogen) atoms. The average Bonchev–Trinajstić information content (AvgIpc) is 2.47. The van der Waals surface area contributed by atoms with Crippen molar-refractivity contribution < 1.29 is 8.42 Å². The quantitative estimate of drug-likeness (QED) is 0.605. The van der Waals surface area contributed by atoms with Crippen LogP contribution in [0.15, 0.2) is 29.2 Å². The van der Waals surface area contributed by atoms with Crippen molar-refractivity contribution >= 4 is 15.5 Å². The molecule has 0 aromatic heterocycles. The van der Waals surface area contributed by atoms with Crippen LogP contribution in [-0.2, 0) is 9.84 Å². The van der Waals surface area contributed by atoms with Crippen LogP contribution in [0.2, 0.25) is 0 Å². The van der Waals surface area contributed by atoms with Crippen molar-refractivity contribution in [1.82, 2.24) is 0 Å². The Morgan fingerprint density at radius 3 is 2.10 bits per heavy atom. The van der Waals surface area contributed by atoms with Gasteiger partial charge < -0.3 is 5.32 Å². The van der Waals surface area contributed by atoms with Crippen LogP contribution >= 0.6 is 0 Å². The summed E-state index contributed by atoms with van der Waals surface area (Å²) >= 11 is 0. The molecule has 0 aliphatic carbocycles. The third kappa shape index (κ3) is 6.98. The van der Waals surface area contributed by atoms with Crippen LogP contribution in [0, 0.1) is 0 Å². The molecular weight excluding hydrogens is 282 g/mol. The molecule has 0 radical (unpaired) electrons. The molecule has 1 aromatic carbocycles. The molecule has 0 bridgehead atoms. The van der Waals surface area contributed by atoms with E-state index in [0.717, 1.165) is 12.2 Å². The summed E-state index contributed by atoms with van der Waals surface area (Å²) in [5.41, 5.74) is 0.999. The van der Waals surface area contributed by atoms with Gasteiger partial charge in [-0.2, -0.15) is 0 Å². The second kappa shape index (κ2) is 9.82. The van der Waals surface area contributed by atoms with E-state index in [1.807, 2.05) is 19.1 Å². The number of unbranched alkanes of at least 4 members (excludes halogenated alkanes) is 5. The minimum absolute atomic E-state index is 0.220. The van der Waals surface area contributed by atoms with Crippen molar-refractivity contribution in [3.05, 3.63) is 24.3 Å². The molecule has 0 aliphatic heterocycles. The number of nitrogens with one attached hydrogen (secondary N) is 1. The van der Waals surface area contributed by atoms with Gasteiger partial charge in [0.1, 0.15) is 0 Å². The monoisotopic (exact) mass is 311 g/mol. The van der Waals surface area contributed by atoms with Crippen LogP contribution in [-0.4, -0.2) is 20.7 Å². The van der Waals surface area contributed by atoms with Gasteiger partial charge in [0, 0.05) is 12.2 Å². The first-order valence-electron chi connectivity index (χ1n) is 8.17. The highest BCUT2D eigenvalue weighted by molar-refractivity contribution is 7.91. The fourth-order valence-corrected chi connectivity index (χ4v) is 3.63. The van der Waals surface area contributed by atoms with E-state index in [4.69, 9.17) is 0 Å². The average molecular weight is 311 g/mol. The number of hydrogen-bond donors (Lipinski definition) is 1. The van der Waals surface area contributed by atoms with E-state index in [9.17, 15) is 8.42 Å². The molecule has 1 N–H and O–H groups in total. The van der Waals surface area contributed by atoms with E-state index >= 15 is 0 Å². The Bertz CT molecular complexity index is 480. The topological polar surface area (TPSA) is 46.2 Å². The Labute approximate surface area is 130 Å². The van der Waals surface area contributed by atoms with Crippen LogP contribution in [0.5, 0.6) is 0 Å². The van der Waals surface area contributed by atoms with Crippen LogP contribution in [0.25, 0.3) is 0 Å². The molecule has 0 heterocycles. The van der Waals surface area contributed by atoms with E-state index < -0.39 is 9.84 Å². The maximum absolute atomic E-state index is 11.9. The maximum atomic E-state index is 11.9. The molecule has 0 saturated heterocycles. The van der Waals surface area contributed by atoms with Crippen LogP contribution in [0.3, 0.4) is 0 Å². The molecule has 0 unspecified atom stereocenters. The first-order chi connectivity index (χ1) is 10.1. The summed E-state index contributed by atoms with van der Waals surface area (Å²) in [6.45, 7) is 5.06. The third-order valence-electron chi connectivity index (χ3n) is 3.55. The van der Waals surface area contributed by atoms with Crippen LogP contribution in [0.1, 0.15) is 58.8 Å². The summed E-state index contributed by atoms with van der Waals surface area (Å²) in [6, 6.07) is 7.13. The summed E-state index contributed by atoms with van der Waals surface area (Å²) in [6.07, 6.45) is 8.34. The largest absolute Gasteiger partial charge is 0.385 e. The second-order valence-electron chi connectivity index (χ2n) is 5.54. The molecule has 3 nitrogen and oxygen atoms in total. The third-order valence-corrected chi connectivity index (χ3v) is 5.48. The standard InChI is InChI=1S/C17H29NO2S/c1-3-5-6-7-8-9-14-18-16-10-12-17(13-11-16)21(19,20)15-4-2/h10-13,18H,3-9,14-15H2,1-2H3. The lowest BCUT2D eigenvalue weighted by Gasteiger charge is -2.08. The highest BCUT2D eigenvalue weighted by Gasteiger charge is 2.12. The highest BCUT2D eigenvalue weighted by Crippen LogP contribution is 2.16. The molecule has 0 saturated carbocycles. The molecule has 0 aliphatic rings. The van der Waals surface area contributed by atoms with Gasteiger partial charge in [-0.1, -0.05) is 46.0 Å². The summed E-state index contributed by atoms with van der Waals surface area (Å²) in [5.74, 6) is 0.220. The molecule has 0 atom stereocenters. The molecular formula is C17H29NO2S. The molecule has 0 spiro atoms. The predicted octanol–water partition coefficient (Wildman–Crippen LogP) is 4.64. The Morgan fingerprint density at radius 1 is 0.857 bits per heavy atom. The van der Waals surface area contributed by atoms with Gasteiger partial charge in [-0.3, -0.25) is 0 Å². The zero-order valence-electron chi connectivity index (χ0n) is 13.4. The van der Waals surface area contributed by atoms with Gasteiger partial charge in [-0.15, -0.1) is 0 Å². The summed E-state index contributed by atoms with van der Waals surface area (Å²) in [4.78, 5) is 0.425. The second-order valence-corrected chi connectivity index (χ2v) is 7.65. The SMILES string of the molecule is CCCCCCCCNc1ccc(S(=O)(=O)CCC)cc1. The van der Waals surface area contributed by atoms with Crippen molar-refractivity contribution in [1.29, 1.82) is 0 Å². The zero-order valence-corrected chi connectivity index (χ0v) is 14.2. The van der Waals surface area contributed by atoms with Gasteiger partial charge in [0.05, 0.1) is 10.6 Å². The first-order valence-corrected chi connectivity index (χ1v) is 9.82. The molecule has 0 fully saturated rings. The van der Waals surface area contributed by atoms with Crippen LogP contribution in [0.4, 0.5) is 5.69 Å². The number of rotatable bonds is 11. The minimum Gasteiger partial charge on any atom is -0.385 e. The van der Waals surface area contributed by atoms with E-state index in [0.29, 0.717) is 11.3 Å². The van der Waals surface area contributed by atoms with Gasteiger partial charge in [0.25, 0.3) is 0 Å². The Kier molecular flexibility index (Phi) is 8.43. The summed E-state index contributed by atoms with van der Waals surface area (Å²) < 4.78 is 23.8. The van der Waals surface area contributed by atoms with Gasteiger partial charge in [-0.05, 0) is 37.1 Å². The lowest BCUT2D eigenvalue weighted by Crippen LogP contribution is -2.06. The Hall–Kier alpha value is -1.03. The fourth-order valence-electron chi connectivity index (χ4n) is 2.30. The molecule has 1 rings (SSSR count). The number of anilines is 1. The predicted molar refractivity (Wildman–Crippen MR) is 90.7 cm³/mol. The van der Waals surface area contributed by atoms with Gasteiger partial charge in [0.2, 0.25) is 0 Å². The van der Waals surface area contributed by atoms with Crippen molar-refractivity contribution in [2.24, 2.45) is 0 Å². The normalized spacial score (nSPS) is 11.5. The number of sulfone groups is 1. The Morgan fingerprint density at radius 2 is 1.48 bits per heavy atom. The van der Waals surface area contributed by atoms with Crippen LogP contribution < -0.4 is 5.32 Å². The zero-order chi connectivity index (χ0) is 15.6. The van der Waals surface area contributed by atoms with Gasteiger partial charge in [0.15, 0.2) is 9.84 Å². The first kappa shape index (κ1) is 18.0. The van der Waals surface area contributed by atoms with Crippen molar-refractivity contribution in [3.8, 4) is 0 Å². The summed E-state index contributed by atoms with van der Waals surface area (Å²) in [5, 5.41) is 3.35. The van der Waals surface area contributed by atoms with Crippen molar-refractivity contribution in [2.75, 3.05) is 17.6 Å². The number of hydrogen-bond acceptors (Lipinski definition) is 3.